The maximum Gasteiger partial charge on any atom is 0.252 e. The van der Waals surface area contributed by atoms with Crippen LogP contribution < -0.4 is 11.1 Å². The molecule has 0 fully saturated rings. The molecule has 1 atom stereocenters. The summed E-state index contributed by atoms with van der Waals surface area (Å²) in [6, 6.07) is 3.77. The van der Waals surface area contributed by atoms with Gasteiger partial charge < -0.3 is 11.1 Å². The van der Waals surface area contributed by atoms with Gasteiger partial charge in [-0.3, -0.25) is 9.00 Å². The van der Waals surface area contributed by atoms with Crippen LogP contribution in [0.5, 0.6) is 0 Å². The zero-order chi connectivity index (χ0) is 15.0. The molecule has 0 spiro atoms. The second-order valence-corrected chi connectivity index (χ2v) is 5.75. The first-order valence-corrected chi connectivity index (χ1v) is 7.69. The minimum atomic E-state index is -0.933. The van der Waals surface area contributed by atoms with Crippen molar-refractivity contribution in [3.05, 3.63) is 35.1 Å². The molecule has 0 saturated carbocycles. The first-order valence-electron chi connectivity index (χ1n) is 6.20. The normalized spacial score (nSPS) is 11.3. The molecule has 1 unspecified atom stereocenters. The van der Waals surface area contributed by atoms with Crippen molar-refractivity contribution >= 4 is 16.7 Å². The summed E-state index contributed by atoms with van der Waals surface area (Å²) in [4.78, 5) is 12.0. The zero-order valence-electron chi connectivity index (χ0n) is 11.2. The SMILES string of the molecule is CCS(=O)CCNC(=O)c1ccc(F)cc1C#CCN. The third-order valence-electron chi connectivity index (χ3n) is 2.49. The number of nitrogens with one attached hydrogen (secondary N) is 1. The number of halogens is 1. The lowest BCUT2D eigenvalue weighted by Crippen LogP contribution is -2.28. The van der Waals surface area contributed by atoms with Crippen LogP contribution in [0.1, 0.15) is 22.8 Å². The van der Waals surface area contributed by atoms with Crippen LogP contribution >= 0.6 is 0 Å². The molecule has 0 saturated heterocycles. The van der Waals surface area contributed by atoms with Crippen molar-refractivity contribution in [1.82, 2.24) is 5.32 Å². The maximum atomic E-state index is 13.2. The van der Waals surface area contributed by atoms with E-state index in [0.29, 0.717) is 23.6 Å². The van der Waals surface area contributed by atoms with E-state index in [1.807, 2.05) is 6.92 Å². The largest absolute Gasteiger partial charge is 0.351 e. The van der Waals surface area contributed by atoms with Crippen LogP contribution in [0.25, 0.3) is 0 Å². The lowest BCUT2D eigenvalue weighted by Gasteiger charge is -2.07. The van der Waals surface area contributed by atoms with Gasteiger partial charge in [0.2, 0.25) is 0 Å². The van der Waals surface area contributed by atoms with Crippen molar-refractivity contribution < 1.29 is 13.4 Å². The smallest absolute Gasteiger partial charge is 0.252 e. The van der Waals surface area contributed by atoms with Crippen molar-refractivity contribution in [3.63, 3.8) is 0 Å². The van der Waals surface area contributed by atoms with E-state index in [-0.39, 0.29) is 18.0 Å². The van der Waals surface area contributed by atoms with Gasteiger partial charge in [0.25, 0.3) is 5.91 Å². The minimum Gasteiger partial charge on any atom is -0.351 e. The standard InChI is InChI=1S/C14H17FN2O2S/c1-2-20(19)9-8-17-14(18)13-6-5-12(15)10-11(13)4-3-7-16/h5-6,10H,2,7-9,16H2,1H3,(H,17,18). The average Bonchev–Trinajstić information content (AvgIpc) is 2.44. The average molecular weight is 296 g/mol. The number of rotatable bonds is 5. The molecule has 108 valence electrons. The fraction of sp³-hybridized carbons (Fsp3) is 0.357. The Morgan fingerprint density at radius 3 is 2.90 bits per heavy atom. The zero-order valence-corrected chi connectivity index (χ0v) is 12.1. The van der Waals surface area contributed by atoms with Crippen LogP contribution in [0.2, 0.25) is 0 Å². The molecule has 1 aromatic rings. The lowest BCUT2D eigenvalue weighted by molar-refractivity contribution is 0.0956. The summed E-state index contributed by atoms with van der Waals surface area (Å²) in [6.45, 7) is 2.26. The molecule has 0 bridgehead atoms. The van der Waals surface area contributed by atoms with Crippen LogP contribution in [-0.4, -0.2) is 34.7 Å². The van der Waals surface area contributed by atoms with E-state index in [0.717, 1.165) is 0 Å². The summed E-state index contributed by atoms with van der Waals surface area (Å²) < 4.78 is 24.4. The maximum absolute atomic E-state index is 13.2. The van der Waals surface area contributed by atoms with Gasteiger partial charge in [0.1, 0.15) is 5.82 Å². The number of hydrogen-bond acceptors (Lipinski definition) is 3. The Balaban J connectivity index is 2.79. The first-order chi connectivity index (χ1) is 9.58. The molecule has 3 N–H and O–H groups in total. The van der Waals surface area contributed by atoms with Crippen molar-refractivity contribution in [2.75, 3.05) is 24.6 Å². The summed E-state index contributed by atoms with van der Waals surface area (Å²) >= 11 is 0. The molecule has 0 heterocycles. The molecular weight excluding hydrogens is 279 g/mol. The van der Waals surface area contributed by atoms with E-state index < -0.39 is 16.6 Å². The summed E-state index contributed by atoms with van der Waals surface area (Å²) in [5.41, 5.74) is 5.85. The third-order valence-corrected chi connectivity index (χ3v) is 3.79. The Morgan fingerprint density at radius 2 is 2.25 bits per heavy atom. The highest BCUT2D eigenvalue weighted by atomic mass is 32.2. The van der Waals surface area contributed by atoms with E-state index in [1.54, 1.807) is 0 Å². The molecule has 0 aromatic heterocycles. The monoisotopic (exact) mass is 296 g/mol. The highest BCUT2D eigenvalue weighted by Gasteiger charge is 2.11. The van der Waals surface area contributed by atoms with Gasteiger partial charge in [0, 0.05) is 34.4 Å². The predicted molar refractivity (Wildman–Crippen MR) is 78.2 cm³/mol. The van der Waals surface area contributed by atoms with Crippen LogP contribution in [-0.2, 0) is 10.8 Å². The van der Waals surface area contributed by atoms with Crippen LogP contribution in [0, 0.1) is 17.7 Å². The van der Waals surface area contributed by atoms with E-state index in [1.165, 1.54) is 18.2 Å². The van der Waals surface area contributed by atoms with E-state index >= 15 is 0 Å². The molecule has 0 aliphatic rings. The number of carbonyl (C=O) groups excluding carboxylic acids is 1. The Bertz CT molecular complexity index is 564. The molecule has 6 heteroatoms. The van der Waals surface area contributed by atoms with Gasteiger partial charge in [-0.2, -0.15) is 0 Å². The molecule has 0 aliphatic carbocycles. The topological polar surface area (TPSA) is 72.2 Å². The molecule has 1 aromatic carbocycles. The van der Waals surface area contributed by atoms with Crippen molar-refractivity contribution in [2.24, 2.45) is 5.73 Å². The minimum absolute atomic E-state index is 0.132. The van der Waals surface area contributed by atoms with Gasteiger partial charge in [0.05, 0.1) is 12.1 Å². The number of hydrogen-bond donors (Lipinski definition) is 2. The summed E-state index contributed by atoms with van der Waals surface area (Å²) in [5, 5.41) is 2.65. The Hall–Kier alpha value is -1.71. The summed E-state index contributed by atoms with van der Waals surface area (Å²) in [5.74, 6) is 5.39. The number of benzene rings is 1. The van der Waals surface area contributed by atoms with Gasteiger partial charge in [-0.25, -0.2) is 4.39 Å². The quantitative estimate of drug-likeness (QED) is 0.783. The van der Waals surface area contributed by atoms with Crippen LogP contribution in [0.3, 0.4) is 0 Å². The van der Waals surface area contributed by atoms with E-state index in [9.17, 15) is 13.4 Å². The van der Waals surface area contributed by atoms with Gasteiger partial charge in [-0.05, 0) is 18.2 Å². The first kappa shape index (κ1) is 16.3. The van der Waals surface area contributed by atoms with E-state index in [4.69, 9.17) is 5.73 Å². The summed E-state index contributed by atoms with van der Waals surface area (Å²) in [6.07, 6.45) is 0. The molecule has 20 heavy (non-hydrogen) atoms. The second-order valence-electron chi connectivity index (χ2n) is 3.88. The summed E-state index contributed by atoms with van der Waals surface area (Å²) in [7, 11) is -0.933. The molecule has 1 rings (SSSR count). The number of carbonyl (C=O) groups is 1. The number of amides is 1. The van der Waals surface area contributed by atoms with Crippen molar-refractivity contribution in [1.29, 1.82) is 0 Å². The van der Waals surface area contributed by atoms with Crippen molar-refractivity contribution in [3.8, 4) is 11.8 Å². The lowest BCUT2D eigenvalue weighted by atomic mass is 10.1. The molecular formula is C14H17FN2O2S. The highest BCUT2D eigenvalue weighted by molar-refractivity contribution is 7.84. The molecule has 1 amide bonds. The van der Waals surface area contributed by atoms with Gasteiger partial charge >= 0.3 is 0 Å². The van der Waals surface area contributed by atoms with Gasteiger partial charge in [0.15, 0.2) is 0 Å². The fourth-order valence-electron chi connectivity index (χ4n) is 1.48. The molecule has 0 radical (unpaired) electrons. The Kier molecular flexibility index (Phi) is 6.91. The van der Waals surface area contributed by atoms with Crippen LogP contribution in [0.4, 0.5) is 4.39 Å². The number of nitrogens with two attached hydrogens (primary N) is 1. The Morgan fingerprint density at radius 1 is 1.50 bits per heavy atom. The second kappa shape index (κ2) is 8.46. The van der Waals surface area contributed by atoms with Gasteiger partial charge in [-0.15, -0.1) is 0 Å². The Labute approximate surface area is 120 Å². The highest BCUT2D eigenvalue weighted by Crippen LogP contribution is 2.10. The third kappa shape index (κ3) is 5.11. The molecule has 0 aliphatic heterocycles. The molecule has 4 nitrogen and oxygen atoms in total. The van der Waals surface area contributed by atoms with Crippen molar-refractivity contribution in [2.45, 2.75) is 6.92 Å². The van der Waals surface area contributed by atoms with E-state index in [2.05, 4.69) is 17.2 Å². The van der Waals surface area contributed by atoms with Crippen LogP contribution in [0.15, 0.2) is 18.2 Å². The predicted octanol–water partition coefficient (Wildman–Crippen LogP) is 0.634. The van der Waals surface area contributed by atoms with Gasteiger partial charge in [-0.1, -0.05) is 18.8 Å². The fourth-order valence-corrected chi connectivity index (χ4v) is 2.10.